The summed E-state index contributed by atoms with van der Waals surface area (Å²) < 4.78 is 5.97. The van der Waals surface area contributed by atoms with E-state index in [2.05, 4.69) is 10.3 Å². The molecule has 0 saturated carbocycles. The summed E-state index contributed by atoms with van der Waals surface area (Å²) >= 11 is 0. The van der Waals surface area contributed by atoms with Crippen LogP contribution in [0.1, 0.15) is 12.1 Å². The number of para-hydroxylation sites is 3. The van der Waals surface area contributed by atoms with Crippen molar-refractivity contribution >= 4 is 17.5 Å². The Bertz CT molecular complexity index is 993. The van der Waals surface area contributed by atoms with E-state index in [-0.39, 0.29) is 18.2 Å². The molecule has 1 N–H and O–H groups in total. The fourth-order valence-corrected chi connectivity index (χ4v) is 3.32. The minimum atomic E-state index is -0.406. The molecular weight excluding hydrogens is 366 g/mol. The van der Waals surface area contributed by atoms with Crippen molar-refractivity contribution < 1.29 is 14.3 Å². The monoisotopic (exact) mass is 387 g/mol. The third kappa shape index (κ3) is 4.43. The summed E-state index contributed by atoms with van der Waals surface area (Å²) in [5, 5.41) is 2.88. The van der Waals surface area contributed by atoms with Crippen LogP contribution in [0.4, 0.5) is 5.69 Å². The lowest BCUT2D eigenvalue weighted by Gasteiger charge is -2.20. The minimum Gasteiger partial charge on any atom is -0.455 e. The van der Waals surface area contributed by atoms with Crippen LogP contribution in [0, 0.1) is 5.92 Å². The summed E-state index contributed by atoms with van der Waals surface area (Å²) in [4.78, 5) is 31.0. The molecule has 1 atom stereocenters. The smallest absolute Gasteiger partial charge is 0.227 e. The topological polar surface area (TPSA) is 71.5 Å². The summed E-state index contributed by atoms with van der Waals surface area (Å²) in [5.74, 6) is 0.633. The standard InChI is InChI=1S/C23H21N3O3/c27-22-14-17(23(28)25-15-18-8-6-7-13-24-18)16-26(22)20-11-4-5-12-21(20)29-19-9-2-1-3-10-19/h1-13,17H,14-16H2,(H,25,28). The Morgan fingerprint density at radius 3 is 2.59 bits per heavy atom. The molecule has 4 rings (SSSR count). The lowest BCUT2D eigenvalue weighted by Crippen LogP contribution is -2.32. The van der Waals surface area contributed by atoms with E-state index in [0.717, 1.165) is 5.69 Å². The molecule has 2 heterocycles. The quantitative estimate of drug-likeness (QED) is 0.702. The average Bonchev–Trinajstić information content (AvgIpc) is 3.15. The van der Waals surface area contributed by atoms with Crippen molar-refractivity contribution in [2.75, 3.05) is 11.4 Å². The van der Waals surface area contributed by atoms with Gasteiger partial charge in [0.2, 0.25) is 11.8 Å². The predicted molar refractivity (Wildman–Crippen MR) is 110 cm³/mol. The van der Waals surface area contributed by atoms with Gasteiger partial charge < -0.3 is 15.0 Å². The van der Waals surface area contributed by atoms with Gasteiger partial charge in [0, 0.05) is 19.2 Å². The number of ether oxygens (including phenoxy) is 1. The van der Waals surface area contributed by atoms with Crippen LogP contribution in [0.3, 0.4) is 0 Å². The van der Waals surface area contributed by atoms with Crippen molar-refractivity contribution in [3.05, 3.63) is 84.7 Å². The van der Waals surface area contributed by atoms with Crippen molar-refractivity contribution in [1.29, 1.82) is 0 Å². The van der Waals surface area contributed by atoms with E-state index in [1.165, 1.54) is 0 Å². The highest BCUT2D eigenvalue weighted by Gasteiger charge is 2.36. The highest BCUT2D eigenvalue weighted by atomic mass is 16.5. The van der Waals surface area contributed by atoms with Gasteiger partial charge in [0.05, 0.1) is 23.8 Å². The van der Waals surface area contributed by atoms with Crippen molar-refractivity contribution in [2.45, 2.75) is 13.0 Å². The van der Waals surface area contributed by atoms with Gasteiger partial charge in [-0.1, -0.05) is 36.4 Å². The maximum Gasteiger partial charge on any atom is 0.227 e. The van der Waals surface area contributed by atoms with Gasteiger partial charge in [0.25, 0.3) is 0 Å². The largest absolute Gasteiger partial charge is 0.455 e. The molecule has 1 unspecified atom stereocenters. The molecule has 0 aliphatic carbocycles. The summed E-state index contributed by atoms with van der Waals surface area (Å²) in [6.45, 7) is 0.667. The summed E-state index contributed by atoms with van der Waals surface area (Å²) in [5.41, 5.74) is 1.45. The second kappa shape index (κ2) is 8.56. The van der Waals surface area contributed by atoms with Crippen LogP contribution < -0.4 is 15.0 Å². The molecule has 0 spiro atoms. The van der Waals surface area contributed by atoms with Crippen molar-refractivity contribution in [3.8, 4) is 11.5 Å². The van der Waals surface area contributed by atoms with E-state index in [4.69, 9.17) is 4.74 Å². The number of pyridine rings is 1. The summed E-state index contributed by atoms with van der Waals surface area (Å²) in [7, 11) is 0. The van der Waals surface area contributed by atoms with E-state index >= 15 is 0 Å². The third-order valence-electron chi connectivity index (χ3n) is 4.79. The number of hydrogen-bond donors (Lipinski definition) is 1. The number of carbonyl (C=O) groups is 2. The number of nitrogens with one attached hydrogen (secondary N) is 1. The van der Waals surface area contributed by atoms with Gasteiger partial charge >= 0.3 is 0 Å². The fourth-order valence-electron chi connectivity index (χ4n) is 3.32. The SMILES string of the molecule is O=C(NCc1ccccn1)C1CC(=O)N(c2ccccc2Oc2ccccc2)C1. The zero-order valence-corrected chi connectivity index (χ0v) is 15.8. The van der Waals surface area contributed by atoms with Gasteiger partial charge in [0.1, 0.15) is 5.75 Å². The Morgan fingerprint density at radius 2 is 1.79 bits per heavy atom. The molecule has 0 bridgehead atoms. The van der Waals surface area contributed by atoms with E-state index in [0.29, 0.717) is 30.3 Å². The number of carbonyl (C=O) groups excluding carboxylic acids is 2. The predicted octanol–water partition coefficient (Wildman–Crippen LogP) is 3.54. The van der Waals surface area contributed by atoms with Crippen LogP contribution in [-0.4, -0.2) is 23.3 Å². The van der Waals surface area contributed by atoms with Crippen molar-refractivity contribution in [2.24, 2.45) is 5.92 Å². The molecule has 3 aromatic rings. The molecule has 0 radical (unpaired) electrons. The number of rotatable bonds is 6. The highest BCUT2D eigenvalue weighted by Crippen LogP contribution is 2.35. The molecule has 1 aromatic heterocycles. The number of amides is 2. The Hall–Kier alpha value is -3.67. The lowest BCUT2D eigenvalue weighted by atomic mass is 10.1. The zero-order chi connectivity index (χ0) is 20.1. The molecule has 6 heteroatoms. The Labute approximate surface area is 169 Å². The Kier molecular flexibility index (Phi) is 5.52. The van der Waals surface area contributed by atoms with Crippen LogP contribution in [0.15, 0.2) is 79.0 Å². The molecular formula is C23H21N3O3. The molecule has 2 amide bonds. The highest BCUT2D eigenvalue weighted by molar-refractivity contribution is 6.01. The Morgan fingerprint density at radius 1 is 1.03 bits per heavy atom. The third-order valence-corrected chi connectivity index (χ3v) is 4.79. The second-order valence-corrected chi connectivity index (χ2v) is 6.83. The van der Waals surface area contributed by atoms with Gasteiger partial charge in [-0.05, 0) is 36.4 Å². The lowest BCUT2D eigenvalue weighted by molar-refractivity contribution is -0.126. The number of nitrogens with zero attached hydrogens (tertiary/aromatic N) is 2. The van der Waals surface area contributed by atoms with Crippen molar-refractivity contribution in [3.63, 3.8) is 0 Å². The molecule has 1 aliphatic heterocycles. The van der Waals surface area contributed by atoms with Gasteiger partial charge in [-0.15, -0.1) is 0 Å². The summed E-state index contributed by atoms with van der Waals surface area (Å²) in [6.07, 6.45) is 1.86. The molecule has 1 fully saturated rings. The van der Waals surface area contributed by atoms with E-state index in [1.807, 2.05) is 72.8 Å². The van der Waals surface area contributed by atoms with Crippen LogP contribution in [-0.2, 0) is 16.1 Å². The molecule has 1 aliphatic rings. The van der Waals surface area contributed by atoms with E-state index in [9.17, 15) is 9.59 Å². The molecule has 6 nitrogen and oxygen atoms in total. The van der Waals surface area contributed by atoms with E-state index < -0.39 is 5.92 Å². The molecule has 146 valence electrons. The second-order valence-electron chi connectivity index (χ2n) is 6.83. The maximum absolute atomic E-state index is 12.6. The number of benzene rings is 2. The normalized spacial score (nSPS) is 15.9. The zero-order valence-electron chi connectivity index (χ0n) is 15.8. The van der Waals surface area contributed by atoms with Crippen molar-refractivity contribution in [1.82, 2.24) is 10.3 Å². The van der Waals surface area contributed by atoms with E-state index in [1.54, 1.807) is 11.1 Å². The number of hydrogen-bond acceptors (Lipinski definition) is 4. The first kappa shape index (κ1) is 18.7. The van der Waals surface area contributed by atoms with Crippen LogP contribution in [0.2, 0.25) is 0 Å². The molecule has 29 heavy (non-hydrogen) atoms. The maximum atomic E-state index is 12.6. The van der Waals surface area contributed by atoms with Gasteiger partial charge in [-0.25, -0.2) is 0 Å². The van der Waals surface area contributed by atoms with Crippen LogP contribution in [0.25, 0.3) is 0 Å². The van der Waals surface area contributed by atoms with Crippen LogP contribution in [0.5, 0.6) is 11.5 Å². The van der Waals surface area contributed by atoms with Gasteiger partial charge in [-0.3, -0.25) is 14.6 Å². The average molecular weight is 387 g/mol. The fraction of sp³-hybridized carbons (Fsp3) is 0.174. The first-order valence-corrected chi connectivity index (χ1v) is 9.50. The van der Waals surface area contributed by atoms with Crippen LogP contribution >= 0.6 is 0 Å². The van der Waals surface area contributed by atoms with Gasteiger partial charge in [-0.2, -0.15) is 0 Å². The molecule has 2 aromatic carbocycles. The number of aromatic nitrogens is 1. The minimum absolute atomic E-state index is 0.0907. The first-order chi connectivity index (χ1) is 14.2. The van der Waals surface area contributed by atoms with Gasteiger partial charge in [0.15, 0.2) is 5.75 Å². The number of anilines is 1. The first-order valence-electron chi connectivity index (χ1n) is 9.50. The summed E-state index contributed by atoms with van der Waals surface area (Å²) in [6, 6.07) is 22.3. The molecule has 1 saturated heterocycles. The Balaban J connectivity index is 1.45.